The summed E-state index contributed by atoms with van der Waals surface area (Å²) in [6, 6.07) is 3.44. The van der Waals surface area contributed by atoms with E-state index >= 15 is 0 Å². The first kappa shape index (κ1) is 25.8. The monoisotopic (exact) mass is 444 g/mol. The number of hydrogen-bond donors (Lipinski definition) is 4. The average molecular weight is 445 g/mol. The molecule has 0 fully saturated rings. The highest BCUT2D eigenvalue weighted by Crippen LogP contribution is 2.45. The molecule has 2 aromatic rings. The third-order valence-corrected chi connectivity index (χ3v) is 6.85. The number of phenols is 3. The van der Waals surface area contributed by atoms with Crippen LogP contribution in [0.1, 0.15) is 90.2 Å². The molecule has 0 aliphatic rings. The van der Waals surface area contributed by atoms with Crippen LogP contribution < -0.4 is 5.43 Å². The maximum Gasteiger partial charge on any atom is 0.232 e. The number of fused-ring (bicyclic) bond motifs is 1. The minimum Gasteiger partial charge on any atom is -0.504 e. The average Bonchev–Trinajstić information content (AvgIpc) is 2.91. The first-order valence-corrected chi connectivity index (χ1v) is 12.2. The van der Waals surface area contributed by atoms with E-state index in [2.05, 4.69) is 27.7 Å². The van der Waals surface area contributed by atoms with Crippen molar-refractivity contribution in [2.45, 2.75) is 91.9 Å². The van der Waals surface area contributed by atoms with Crippen LogP contribution in [0.4, 0.5) is 0 Å². The Balaban J connectivity index is 2.67. The van der Waals surface area contributed by atoms with E-state index in [1.807, 2.05) is 0 Å². The molecule has 32 heavy (non-hydrogen) atoms. The lowest BCUT2D eigenvalue weighted by molar-refractivity contribution is 0.364. The number of phenolic OH excluding ortho intramolecular Hbond substituents is 3. The SMILES string of the molecule is CCCCC(CC)Cc1ccc2c(CC(CC)CCCC)c(O)c(O)c(O)c2c(=O)c1O. The van der Waals surface area contributed by atoms with E-state index in [1.54, 1.807) is 12.1 Å². The second-order valence-corrected chi connectivity index (χ2v) is 9.09. The summed E-state index contributed by atoms with van der Waals surface area (Å²) in [5.74, 6) is -1.52. The van der Waals surface area contributed by atoms with Gasteiger partial charge in [0.15, 0.2) is 17.2 Å². The van der Waals surface area contributed by atoms with Gasteiger partial charge in [-0.3, -0.25) is 4.79 Å². The Hall–Kier alpha value is -2.43. The highest BCUT2D eigenvalue weighted by molar-refractivity contribution is 5.96. The van der Waals surface area contributed by atoms with Crippen LogP contribution in [0.25, 0.3) is 10.8 Å². The minimum absolute atomic E-state index is 0.133. The van der Waals surface area contributed by atoms with E-state index in [4.69, 9.17) is 0 Å². The fraction of sp³-hybridized carbons (Fsp3) is 0.593. The highest BCUT2D eigenvalue weighted by Gasteiger charge is 2.24. The molecule has 2 atom stereocenters. The van der Waals surface area contributed by atoms with E-state index in [-0.39, 0.29) is 22.8 Å². The number of aromatic hydroxyl groups is 4. The molecule has 0 amide bonds. The molecule has 2 aromatic carbocycles. The van der Waals surface area contributed by atoms with Gasteiger partial charge >= 0.3 is 0 Å². The Morgan fingerprint density at radius 1 is 0.719 bits per heavy atom. The number of rotatable bonds is 12. The van der Waals surface area contributed by atoms with Crippen molar-refractivity contribution in [3.05, 3.63) is 33.5 Å². The van der Waals surface area contributed by atoms with Crippen LogP contribution in [-0.4, -0.2) is 20.4 Å². The van der Waals surface area contributed by atoms with Gasteiger partial charge in [-0.05, 0) is 35.6 Å². The Morgan fingerprint density at radius 2 is 1.28 bits per heavy atom. The van der Waals surface area contributed by atoms with Gasteiger partial charge in [0.1, 0.15) is 0 Å². The molecule has 0 spiro atoms. The van der Waals surface area contributed by atoms with Crippen LogP contribution in [0, 0.1) is 11.8 Å². The second kappa shape index (κ2) is 12.0. The predicted octanol–water partition coefficient (Wildman–Crippen LogP) is 6.54. The summed E-state index contributed by atoms with van der Waals surface area (Å²) in [6.45, 7) is 8.46. The summed E-state index contributed by atoms with van der Waals surface area (Å²) in [5, 5.41) is 42.6. The second-order valence-electron chi connectivity index (χ2n) is 9.09. The summed E-state index contributed by atoms with van der Waals surface area (Å²) < 4.78 is 0. The van der Waals surface area contributed by atoms with E-state index in [9.17, 15) is 25.2 Å². The number of benzene rings is 1. The van der Waals surface area contributed by atoms with Crippen LogP contribution in [0.15, 0.2) is 16.9 Å². The molecule has 0 aliphatic heterocycles. The zero-order valence-electron chi connectivity index (χ0n) is 20.1. The van der Waals surface area contributed by atoms with Crippen LogP contribution >= 0.6 is 0 Å². The molecule has 5 nitrogen and oxygen atoms in total. The van der Waals surface area contributed by atoms with Crippen molar-refractivity contribution in [3.63, 3.8) is 0 Å². The summed E-state index contributed by atoms with van der Waals surface area (Å²) in [6.07, 6.45) is 9.21. The maximum absolute atomic E-state index is 13.2. The topological polar surface area (TPSA) is 98.0 Å². The largest absolute Gasteiger partial charge is 0.504 e. The molecule has 0 heterocycles. The van der Waals surface area contributed by atoms with Gasteiger partial charge in [-0.1, -0.05) is 91.2 Å². The van der Waals surface area contributed by atoms with Gasteiger partial charge < -0.3 is 20.4 Å². The van der Waals surface area contributed by atoms with Crippen LogP contribution in [0.2, 0.25) is 0 Å². The number of unbranched alkanes of at least 4 members (excludes halogenated alkanes) is 2. The van der Waals surface area contributed by atoms with Gasteiger partial charge in [-0.2, -0.15) is 0 Å². The van der Waals surface area contributed by atoms with Crippen molar-refractivity contribution < 1.29 is 20.4 Å². The molecule has 5 heteroatoms. The van der Waals surface area contributed by atoms with Gasteiger partial charge in [0.25, 0.3) is 0 Å². The normalized spacial score (nSPS) is 13.4. The summed E-state index contributed by atoms with van der Waals surface area (Å²) in [4.78, 5) is 13.2. The van der Waals surface area contributed by atoms with E-state index in [1.165, 1.54) is 0 Å². The Bertz CT molecular complexity index is 967. The van der Waals surface area contributed by atoms with Gasteiger partial charge in [0.05, 0.1) is 5.39 Å². The zero-order valence-corrected chi connectivity index (χ0v) is 20.1. The van der Waals surface area contributed by atoms with E-state index in [0.717, 1.165) is 51.4 Å². The van der Waals surface area contributed by atoms with Gasteiger partial charge in [-0.15, -0.1) is 0 Å². The van der Waals surface area contributed by atoms with Crippen molar-refractivity contribution in [1.82, 2.24) is 0 Å². The third-order valence-electron chi connectivity index (χ3n) is 6.85. The molecule has 0 bridgehead atoms. The van der Waals surface area contributed by atoms with Crippen LogP contribution in [0.3, 0.4) is 0 Å². The van der Waals surface area contributed by atoms with Gasteiger partial charge in [-0.25, -0.2) is 0 Å². The molecule has 2 rings (SSSR count). The quantitative estimate of drug-likeness (QED) is 0.279. The highest BCUT2D eigenvalue weighted by atomic mass is 16.3. The Morgan fingerprint density at radius 3 is 1.81 bits per heavy atom. The molecular formula is C27H40O5. The summed E-state index contributed by atoms with van der Waals surface area (Å²) in [7, 11) is 0. The lowest BCUT2D eigenvalue weighted by Gasteiger charge is -2.18. The lowest BCUT2D eigenvalue weighted by atomic mass is 9.89. The molecule has 0 aliphatic carbocycles. The molecule has 0 saturated carbocycles. The first-order chi connectivity index (χ1) is 15.3. The number of hydrogen-bond acceptors (Lipinski definition) is 5. The minimum atomic E-state index is -0.707. The predicted molar refractivity (Wildman–Crippen MR) is 131 cm³/mol. The van der Waals surface area contributed by atoms with Gasteiger partial charge in [0, 0.05) is 5.56 Å². The van der Waals surface area contributed by atoms with Gasteiger partial charge in [0.2, 0.25) is 11.2 Å². The smallest absolute Gasteiger partial charge is 0.232 e. The Kier molecular flexibility index (Phi) is 9.67. The van der Waals surface area contributed by atoms with Crippen molar-refractivity contribution in [3.8, 4) is 23.0 Å². The molecule has 2 unspecified atom stereocenters. The standard InChI is InChI=1S/C27H40O5/c1-5-9-11-17(7-3)15-19-13-14-20-21(16-18(8-4)12-10-6-2)24(29)27(32)26(31)22(20)25(30)23(19)28/h13-14,17-18,29,31-32H,5-12,15-16H2,1-4H3,(H,28,30). The van der Waals surface area contributed by atoms with E-state index < -0.39 is 16.9 Å². The third kappa shape index (κ3) is 5.67. The fourth-order valence-electron chi connectivity index (χ4n) is 4.58. The van der Waals surface area contributed by atoms with Crippen molar-refractivity contribution in [2.24, 2.45) is 11.8 Å². The lowest BCUT2D eigenvalue weighted by Crippen LogP contribution is -2.07. The first-order valence-electron chi connectivity index (χ1n) is 12.2. The summed E-state index contributed by atoms with van der Waals surface area (Å²) in [5.41, 5.74) is 0.285. The van der Waals surface area contributed by atoms with Crippen LogP contribution in [0.5, 0.6) is 23.0 Å². The van der Waals surface area contributed by atoms with Crippen molar-refractivity contribution >= 4 is 10.8 Å². The molecule has 0 aromatic heterocycles. The summed E-state index contributed by atoms with van der Waals surface area (Å²) >= 11 is 0. The van der Waals surface area contributed by atoms with Crippen LogP contribution in [-0.2, 0) is 12.8 Å². The molecular weight excluding hydrogens is 404 g/mol. The Labute approximate surface area is 191 Å². The van der Waals surface area contributed by atoms with Crippen molar-refractivity contribution in [1.29, 1.82) is 0 Å². The zero-order chi connectivity index (χ0) is 23.8. The fourth-order valence-corrected chi connectivity index (χ4v) is 4.58. The molecule has 4 N–H and O–H groups in total. The van der Waals surface area contributed by atoms with Crippen molar-refractivity contribution in [2.75, 3.05) is 0 Å². The molecule has 178 valence electrons. The molecule has 0 saturated heterocycles. The molecule has 0 radical (unpaired) electrons. The maximum atomic E-state index is 13.2. The van der Waals surface area contributed by atoms with E-state index in [0.29, 0.717) is 35.3 Å².